The number of benzene rings is 1. The van der Waals surface area contributed by atoms with Crippen LogP contribution in [0.5, 0.6) is 5.75 Å². The first kappa shape index (κ1) is 13.7. The first-order chi connectivity index (χ1) is 9.08. The number of nitrogens with one attached hydrogen (secondary N) is 1. The van der Waals surface area contributed by atoms with E-state index in [1.54, 1.807) is 12.1 Å². The topological polar surface area (TPSA) is 49.3 Å². The second-order valence-electron chi connectivity index (χ2n) is 5.31. The minimum absolute atomic E-state index is 0.0424. The SMILES string of the molecule is CCc1cc(O)cc(NC(=O)C2=CCCC(C)C2)c1. The molecule has 1 unspecified atom stereocenters. The van der Waals surface area contributed by atoms with Gasteiger partial charge >= 0.3 is 0 Å². The quantitative estimate of drug-likeness (QED) is 0.870. The molecule has 102 valence electrons. The van der Waals surface area contributed by atoms with E-state index in [-0.39, 0.29) is 11.7 Å². The number of phenols is 1. The maximum atomic E-state index is 12.2. The smallest absolute Gasteiger partial charge is 0.251 e. The number of phenolic OH excluding ortho intramolecular Hbond substituents is 1. The van der Waals surface area contributed by atoms with Crippen molar-refractivity contribution in [1.29, 1.82) is 0 Å². The average molecular weight is 259 g/mol. The summed E-state index contributed by atoms with van der Waals surface area (Å²) < 4.78 is 0. The number of aryl methyl sites for hydroxylation is 1. The molecule has 1 amide bonds. The van der Waals surface area contributed by atoms with Gasteiger partial charge in [-0.15, -0.1) is 0 Å². The molecule has 2 rings (SSSR count). The van der Waals surface area contributed by atoms with Crippen molar-refractivity contribution in [2.45, 2.75) is 39.5 Å². The summed E-state index contributed by atoms with van der Waals surface area (Å²) in [7, 11) is 0. The summed E-state index contributed by atoms with van der Waals surface area (Å²) in [6.45, 7) is 4.19. The molecule has 1 atom stereocenters. The maximum absolute atomic E-state index is 12.2. The Morgan fingerprint density at radius 2 is 2.21 bits per heavy atom. The highest BCUT2D eigenvalue weighted by Crippen LogP contribution is 2.25. The normalized spacial score (nSPS) is 18.8. The fourth-order valence-electron chi connectivity index (χ4n) is 2.45. The van der Waals surface area contributed by atoms with E-state index in [1.165, 1.54) is 0 Å². The number of anilines is 1. The lowest BCUT2D eigenvalue weighted by atomic mass is 9.90. The lowest BCUT2D eigenvalue weighted by Gasteiger charge is -2.18. The van der Waals surface area contributed by atoms with Gasteiger partial charge < -0.3 is 10.4 Å². The van der Waals surface area contributed by atoms with Gasteiger partial charge in [0.1, 0.15) is 5.75 Å². The molecule has 0 saturated carbocycles. The lowest BCUT2D eigenvalue weighted by molar-refractivity contribution is -0.113. The first-order valence-corrected chi connectivity index (χ1v) is 6.91. The molecular weight excluding hydrogens is 238 g/mol. The Kier molecular flexibility index (Phi) is 4.25. The van der Waals surface area contributed by atoms with Gasteiger partial charge in [-0.05, 0) is 49.3 Å². The molecule has 0 aromatic heterocycles. The molecule has 0 spiro atoms. The molecule has 1 aliphatic rings. The van der Waals surface area contributed by atoms with Crippen LogP contribution in [0.25, 0.3) is 0 Å². The van der Waals surface area contributed by atoms with Crippen LogP contribution in [-0.4, -0.2) is 11.0 Å². The molecule has 1 aliphatic carbocycles. The number of carbonyl (C=O) groups is 1. The molecule has 0 radical (unpaired) electrons. The Hall–Kier alpha value is -1.77. The largest absolute Gasteiger partial charge is 0.508 e. The Bertz CT molecular complexity index is 505. The monoisotopic (exact) mass is 259 g/mol. The van der Waals surface area contributed by atoms with E-state index in [2.05, 4.69) is 12.2 Å². The van der Waals surface area contributed by atoms with Gasteiger partial charge in [0.15, 0.2) is 0 Å². The van der Waals surface area contributed by atoms with Crippen molar-refractivity contribution in [2.24, 2.45) is 5.92 Å². The van der Waals surface area contributed by atoms with Crippen molar-refractivity contribution in [3.05, 3.63) is 35.4 Å². The zero-order chi connectivity index (χ0) is 13.8. The van der Waals surface area contributed by atoms with E-state index in [9.17, 15) is 9.90 Å². The van der Waals surface area contributed by atoms with Crippen LogP contribution in [0, 0.1) is 5.92 Å². The predicted molar refractivity (Wildman–Crippen MR) is 77.2 cm³/mol. The van der Waals surface area contributed by atoms with Crippen molar-refractivity contribution in [3.8, 4) is 5.75 Å². The second kappa shape index (κ2) is 5.91. The van der Waals surface area contributed by atoms with Gasteiger partial charge in [-0.1, -0.05) is 19.9 Å². The van der Waals surface area contributed by atoms with Gasteiger partial charge in [0.2, 0.25) is 0 Å². The molecule has 0 fully saturated rings. The molecule has 0 aliphatic heterocycles. The molecule has 3 heteroatoms. The summed E-state index contributed by atoms with van der Waals surface area (Å²) in [5.74, 6) is 0.723. The van der Waals surface area contributed by atoms with Gasteiger partial charge in [0, 0.05) is 17.3 Å². The first-order valence-electron chi connectivity index (χ1n) is 6.91. The molecule has 3 nitrogen and oxygen atoms in total. The minimum atomic E-state index is -0.0424. The number of hydrogen-bond donors (Lipinski definition) is 2. The summed E-state index contributed by atoms with van der Waals surface area (Å²) >= 11 is 0. The van der Waals surface area contributed by atoms with Crippen LogP contribution in [0.3, 0.4) is 0 Å². The number of allylic oxidation sites excluding steroid dienone is 1. The second-order valence-corrected chi connectivity index (χ2v) is 5.31. The summed E-state index contributed by atoms with van der Waals surface area (Å²) in [5.41, 5.74) is 2.54. The van der Waals surface area contributed by atoms with E-state index in [4.69, 9.17) is 0 Å². The van der Waals surface area contributed by atoms with Crippen molar-refractivity contribution in [2.75, 3.05) is 5.32 Å². The van der Waals surface area contributed by atoms with Crippen molar-refractivity contribution < 1.29 is 9.90 Å². The Labute approximate surface area is 114 Å². The third kappa shape index (κ3) is 3.60. The predicted octanol–water partition coefficient (Wildman–Crippen LogP) is 3.64. The van der Waals surface area contributed by atoms with E-state index >= 15 is 0 Å². The van der Waals surface area contributed by atoms with Gasteiger partial charge in [-0.25, -0.2) is 0 Å². The molecule has 1 aromatic rings. The highest BCUT2D eigenvalue weighted by atomic mass is 16.3. The number of rotatable bonds is 3. The summed E-state index contributed by atoms with van der Waals surface area (Å²) in [5, 5.41) is 12.5. The molecule has 0 heterocycles. The summed E-state index contributed by atoms with van der Waals surface area (Å²) in [6.07, 6.45) is 5.83. The minimum Gasteiger partial charge on any atom is -0.508 e. The van der Waals surface area contributed by atoms with Crippen LogP contribution >= 0.6 is 0 Å². The van der Waals surface area contributed by atoms with Crippen LogP contribution in [0.2, 0.25) is 0 Å². The maximum Gasteiger partial charge on any atom is 0.251 e. The standard InChI is InChI=1S/C16H21NO2/c1-3-12-8-14(10-15(18)9-12)17-16(19)13-6-4-5-11(2)7-13/h6,8-11,18H,3-5,7H2,1-2H3,(H,17,19). The van der Waals surface area contributed by atoms with Crippen LogP contribution in [0.1, 0.15) is 38.7 Å². The van der Waals surface area contributed by atoms with Crippen molar-refractivity contribution in [1.82, 2.24) is 0 Å². The molecule has 0 saturated heterocycles. The summed E-state index contributed by atoms with van der Waals surface area (Å²) in [6, 6.07) is 5.21. The highest BCUT2D eigenvalue weighted by Gasteiger charge is 2.17. The van der Waals surface area contributed by atoms with Crippen LogP contribution in [0.4, 0.5) is 5.69 Å². The molecule has 19 heavy (non-hydrogen) atoms. The lowest BCUT2D eigenvalue weighted by Crippen LogP contribution is -2.18. The molecule has 0 bridgehead atoms. The number of aromatic hydroxyl groups is 1. The highest BCUT2D eigenvalue weighted by molar-refractivity contribution is 6.03. The fraction of sp³-hybridized carbons (Fsp3) is 0.438. The van der Waals surface area contributed by atoms with Gasteiger partial charge in [0.05, 0.1) is 0 Å². The zero-order valence-electron chi connectivity index (χ0n) is 11.6. The average Bonchev–Trinajstić information content (AvgIpc) is 2.38. The number of hydrogen-bond acceptors (Lipinski definition) is 2. The van der Waals surface area contributed by atoms with Crippen LogP contribution < -0.4 is 5.32 Å². The third-order valence-electron chi connectivity index (χ3n) is 3.55. The van der Waals surface area contributed by atoms with E-state index in [1.807, 2.05) is 19.1 Å². The van der Waals surface area contributed by atoms with Crippen LogP contribution in [-0.2, 0) is 11.2 Å². The molecular formula is C16H21NO2. The Morgan fingerprint density at radius 3 is 2.89 bits per heavy atom. The Balaban J connectivity index is 2.10. The number of amides is 1. The van der Waals surface area contributed by atoms with Crippen LogP contribution in [0.15, 0.2) is 29.8 Å². The van der Waals surface area contributed by atoms with Gasteiger partial charge in [-0.2, -0.15) is 0 Å². The van der Waals surface area contributed by atoms with E-state index in [0.29, 0.717) is 11.6 Å². The number of carbonyl (C=O) groups excluding carboxylic acids is 1. The van der Waals surface area contributed by atoms with E-state index < -0.39 is 0 Å². The molecule has 2 N–H and O–H groups in total. The van der Waals surface area contributed by atoms with E-state index in [0.717, 1.165) is 36.8 Å². The van der Waals surface area contributed by atoms with Gasteiger partial charge in [-0.3, -0.25) is 4.79 Å². The van der Waals surface area contributed by atoms with Crippen molar-refractivity contribution in [3.63, 3.8) is 0 Å². The third-order valence-corrected chi connectivity index (χ3v) is 3.55. The van der Waals surface area contributed by atoms with Crippen molar-refractivity contribution >= 4 is 11.6 Å². The summed E-state index contributed by atoms with van der Waals surface area (Å²) in [4.78, 5) is 12.2. The molecule has 1 aromatic carbocycles. The van der Waals surface area contributed by atoms with Gasteiger partial charge in [0.25, 0.3) is 5.91 Å². The zero-order valence-corrected chi connectivity index (χ0v) is 11.6. The fourth-order valence-corrected chi connectivity index (χ4v) is 2.45. The Morgan fingerprint density at radius 1 is 1.42 bits per heavy atom.